The zero-order valence-corrected chi connectivity index (χ0v) is 14.3. The average molecular weight is 345 g/mol. The first-order chi connectivity index (χ1) is 12.8. The molecule has 2 aromatic heterocycles. The molecule has 2 N–H and O–H groups in total. The number of hydrogen-bond acceptors (Lipinski definition) is 5. The molecule has 130 valence electrons. The van der Waals surface area contributed by atoms with Crippen LogP contribution in [-0.4, -0.2) is 40.9 Å². The van der Waals surface area contributed by atoms with E-state index in [1.807, 2.05) is 22.7 Å². The van der Waals surface area contributed by atoms with Gasteiger partial charge in [-0.3, -0.25) is 0 Å². The van der Waals surface area contributed by atoms with Crippen LogP contribution >= 0.6 is 0 Å². The summed E-state index contributed by atoms with van der Waals surface area (Å²) in [6, 6.07) is 18.7. The highest BCUT2D eigenvalue weighted by molar-refractivity contribution is 5.92. The van der Waals surface area contributed by atoms with Crippen LogP contribution in [0.25, 0.3) is 27.7 Å². The van der Waals surface area contributed by atoms with E-state index in [2.05, 4.69) is 51.4 Å². The van der Waals surface area contributed by atoms with Gasteiger partial charge < -0.3 is 15.4 Å². The Kier molecular flexibility index (Phi) is 3.50. The molecule has 0 aliphatic carbocycles. The molecule has 1 aliphatic heterocycles. The molecule has 0 spiro atoms. The van der Waals surface area contributed by atoms with Crippen LogP contribution in [0.3, 0.4) is 0 Å². The maximum absolute atomic E-state index is 5.99. The summed E-state index contributed by atoms with van der Waals surface area (Å²) >= 11 is 0. The summed E-state index contributed by atoms with van der Waals surface area (Å²) in [5.41, 5.74) is 11.1. The van der Waals surface area contributed by atoms with Crippen molar-refractivity contribution < 1.29 is 4.74 Å². The number of para-hydroxylation sites is 1. The van der Waals surface area contributed by atoms with Gasteiger partial charge in [-0.05, 0) is 24.3 Å². The SMILES string of the molecule is Nc1nc(-c2ccc(N3CCOCC3)cc2)c2cc3ccccc3n2n1. The van der Waals surface area contributed by atoms with Gasteiger partial charge in [-0.25, -0.2) is 9.50 Å². The lowest BCUT2D eigenvalue weighted by atomic mass is 10.1. The maximum atomic E-state index is 5.99. The van der Waals surface area contributed by atoms with E-state index in [-0.39, 0.29) is 5.95 Å². The summed E-state index contributed by atoms with van der Waals surface area (Å²) in [6.07, 6.45) is 0. The van der Waals surface area contributed by atoms with E-state index in [0.29, 0.717) is 0 Å². The van der Waals surface area contributed by atoms with Crippen molar-refractivity contribution in [1.29, 1.82) is 0 Å². The van der Waals surface area contributed by atoms with Gasteiger partial charge in [0, 0.05) is 29.7 Å². The largest absolute Gasteiger partial charge is 0.378 e. The molecule has 2 aromatic carbocycles. The Labute approximate surface area is 150 Å². The number of rotatable bonds is 2. The summed E-state index contributed by atoms with van der Waals surface area (Å²) in [7, 11) is 0. The van der Waals surface area contributed by atoms with Crippen molar-refractivity contribution in [3.8, 4) is 11.3 Å². The molecule has 0 saturated carbocycles. The number of nitrogen functional groups attached to an aromatic ring is 1. The molecular weight excluding hydrogens is 326 g/mol. The first-order valence-electron chi connectivity index (χ1n) is 8.77. The summed E-state index contributed by atoms with van der Waals surface area (Å²) in [4.78, 5) is 6.86. The molecule has 6 heteroatoms. The topological polar surface area (TPSA) is 68.7 Å². The second kappa shape index (κ2) is 6.00. The molecule has 0 atom stereocenters. The molecular formula is C20H19N5O. The van der Waals surface area contributed by atoms with E-state index in [9.17, 15) is 0 Å². The van der Waals surface area contributed by atoms with Crippen LogP contribution in [0.1, 0.15) is 0 Å². The fraction of sp³-hybridized carbons (Fsp3) is 0.200. The molecule has 0 amide bonds. The van der Waals surface area contributed by atoms with Crippen molar-refractivity contribution in [2.45, 2.75) is 0 Å². The van der Waals surface area contributed by atoms with Crippen LogP contribution in [0.15, 0.2) is 54.6 Å². The van der Waals surface area contributed by atoms with Crippen LogP contribution in [-0.2, 0) is 4.74 Å². The molecule has 26 heavy (non-hydrogen) atoms. The van der Waals surface area contributed by atoms with Gasteiger partial charge in [0.05, 0.1) is 24.2 Å². The number of morpholine rings is 1. The molecule has 3 heterocycles. The molecule has 1 aliphatic rings. The highest BCUT2D eigenvalue weighted by atomic mass is 16.5. The fourth-order valence-corrected chi connectivity index (χ4v) is 3.58. The second-order valence-corrected chi connectivity index (χ2v) is 6.47. The monoisotopic (exact) mass is 345 g/mol. The predicted molar refractivity (Wildman–Crippen MR) is 103 cm³/mol. The van der Waals surface area contributed by atoms with E-state index < -0.39 is 0 Å². The minimum Gasteiger partial charge on any atom is -0.378 e. The first-order valence-corrected chi connectivity index (χ1v) is 8.77. The zero-order valence-electron chi connectivity index (χ0n) is 14.3. The molecule has 0 unspecified atom stereocenters. The minimum atomic E-state index is 0.270. The average Bonchev–Trinajstić information content (AvgIpc) is 3.07. The van der Waals surface area contributed by atoms with Gasteiger partial charge in [-0.15, -0.1) is 5.10 Å². The summed E-state index contributed by atoms with van der Waals surface area (Å²) in [6.45, 7) is 3.41. The van der Waals surface area contributed by atoms with E-state index >= 15 is 0 Å². The Balaban J connectivity index is 1.62. The lowest BCUT2D eigenvalue weighted by molar-refractivity contribution is 0.122. The lowest BCUT2D eigenvalue weighted by Crippen LogP contribution is -2.36. The summed E-state index contributed by atoms with van der Waals surface area (Å²) in [5, 5.41) is 5.53. The van der Waals surface area contributed by atoms with E-state index in [4.69, 9.17) is 10.5 Å². The molecule has 4 aromatic rings. The van der Waals surface area contributed by atoms with Gasteiger partial charge in [0.1, 0.15) is 5.69 Å². The van der Waals surface area contributed by atoms with Crippen LogP contribution in [0.2, 0.25) is 0 Å². The Hall–Kier alpha value is -3.12. The molecule has 1 saturated heterocycles. The minimum absolute atomic E-state index is 0.270. The molecule has 5 rings (SSSR count). The van der Waals surface area contributed by atoms with Crippen molar-refractivity contribution in [3.05, 3.63) is 54.6 Å². The van der Waals surface area contributed by atoms with Gasteiger partial charge in [0.25, 0.3) is 0 Å². The first kappa shape index (κ1) is 15.2. The van der Waals surface area contributed by atoms with Gasteiger partial charge in [-0.2, -0.15) is 0 Å². The Morgan fingerprint density at radius 3 is 2.50 bits per heavy atom. The lowest BCUT2D eigenvalue weighted by Gasteiger charge is -2.28. The van der Waals surface area contributed by atoms with Gasteiger partial charge in [0.15, 0.2) is 0 Å². The van der Waals surface area contributed by atoms with E-state index in [1.54, 1.807) is 0 Å². The Bertz CT molecular complexity index is 1080. The standard InChI is InChI=1S/C20H19N5O/c21-20-22-19(18-13-15-3-1-2-4-17(15)25(18)23-20)14-5-7-16(8-6-14)24-9-11-26-12-10-24/h1-8,13H,9-12H2,(H2,21,23). The number of fused-ring (bicyclic) bond motifs is 3. The number of nitrogens with zero attached hydrogens (tertiary/aromatic N) is 4. The third kappa shape index (κ3) is 2.46. The Morgan fingerprint density at radius 1 is 0.923 bits per heavy atom. The summed E-state index contributed by atoms with van der Waals surface area (Å²) in [5.74, 6) is 0.270. The molecule has 0 bridgehead atoms. The van der Waals surface area contributed by atoms with Crippen LogP contribution in [0.5, 0.6) is 0 Å². The van der Waals surface area contributed by atoms with Crippen LogP contribution in [0, 0.1) is 0 Å². The number of ether oxygens (including phenoxy) is 1. The van der Waals surface area contributed by atoms with E-state index in [0.717, 1.165) is 54.0 Å². The van der Waals surface area contributed by atoms with Crippen molar-refractivity contribution >= 4 is 28.1 Å². The van der Waals surface area contributed by atoms with Crippen molar-refractivity contribution in [2.24, 2.45) is 0 Å². The number of benzene rings is 2. The Morgan fingerprint density at radius 2 is 1.69 bits per heavy atom. The number of anilines is 2. The smallest absolute Gasteiger partial charge is 0.239 e. The van der Waals surface area contributed by atoms with Crippen molar-refractivity contribution in [1.82, 2.24) is 14.6 Å². The highest BCUT2D eigenvalue weighted by Crippen LogP contribution is 2.29. The number of nitrogens with two attached hydrogens (primary N) is 1. The van der Waals surface area contributed by atoms with E-state index in [1.165, 1.54) is 5.69 Å². The van der Waals surface area contributed by atoms with Crippen LogP contribution in [0.4, 0.5) is 11.6 Å². The second-order valence-electron chi connectivity index (χ2n) is 6.47. The summed E-state index contributed by atoms with van der Waals surface area (Å²) < 4.78 is 7.31. The zero-order chi connectivity index (χ0) is 17.5. The van der Waals surface area contributed by atoms with Crippen molar-refractivity contribution in [3.63, 3.8) is 0 Å². The third-order valence-corrected chi connectivity index (χ3v) is 4.87. The van der Waals surface area contributed by atoms with Crippen LogP contribution < -0.4 is 10.6 Å². The number of hydrogen-bond donors (Lipinski definition) is 1. The maximum Gasteiger partial charge on any atom is 0.239 e. The highest BCUT2D eigenvalue weighted by Gasteiger charge is 2.14. The van der Waals surface area contributed by atoms with Crippen molar-refractivity contribution in [2.75, 3.05) is 36.9 Å². The van der Waals surface area contributed by atoms with Gasteiger partial charge in [-0.1, -0.05) is 30.3 Å². The normalized spacial score (nSPS) is 15.0. The van der Waals surface area contributed by atoms with Gasteiger partial charge in [0.2, 0.25) is 5.95 Å². The predicted octanol–water partition coefficient (Wildman–Crippen LogP) is 2.97. The molecule has 6 nitrogen and oxygen atoms in total. The van der Waals surface area contributed by atoms with Gasteiger partial charge >= 0.3 is 0 Å². The molecule has 1 fully saturated rings. The fourth-order valence-electron chi connectivity index (χ4n) is 3.58. The molecule has 0 radical (unpaired) electrons. The number of aromatic nitrogens is 3. The third-order valence-electron chi connectivity index (χ3n) is 4.87. The quantitative estimate of drug-likeness (QED) is 0.605.